The van der Waals surface area contributed by atoms with Gasteiger partial charge in [0.25, 0.3) is 0 Å². The van der Waals surface area contributed by atoms with E-state index in [0.29, 0.717) is 17.2 Å². The molecule has 0 bridgehead atoms. The van der Waals surface area contributed by atoms with E-state index in [0.717, 1.165) is 17.9 Å². The molecule has 0 unspecified atom stereocenters. The number of ether oxygens (including phenoxy) is 2. The summed E-state index contributed by atoms with van der Waals surface area (Å²) in [6, 6.07) is 3.53. The summed E-state index contributed by atoms with van der Waals surface area (Å²) in [5, 5.41) is 0. The molecule has 18 heavy (non-hydrogen) atoms. The predicted molar refractivity (Wildman–Crippen MR) is 69.8 cm³/mol. The number of hydrogen-bond acceptors (Lipinski definition) is 4. The van der Waals surface area contributed by atoms with Gasteiger partial charge in [0.1, 0.15) is 5.75 Å². The molecule has 1 aliphatic carbocycles. The van der Waals surface area contributed by atoms with Crippen LogP contribution in [0.15, 0.2) is 12.1 Å². The van der Waals surface area contributed by atoms with Gasteiger partial charge in [0.2, 0.25) is 0 Å². The molecular weight excluding hydrogens is 230 g/mol. The number of esters is 1. The monoisotopic (exact) mass is 249 g/mol. The third kappa shape index (κ3) is 2.58. The molecule has 0 aromatic heterocycles. The van der Waals surface area contributed by atoms with Gasteiger partial charge in [-0.2, -0.15) is 0 Å². The summed E-state index contributed by atoms with van der Waals surface area (Å²) in [5.74, 6) is 0.993. The Kier molecular flexibility index (Phi) is 3.75. The van der Waals surface area contributed by atoms with Gasteiger partial charge in [-0.15, -0.1) is 0 Å². The topological polar surface area (TPSA) is 61.5 Å². The van der Waals surface area contributed by atoms with Gasteiger partial charge in [-0.05, 0) is 37.3 Å². The zero-order valence-electron chi connectivity index (χ0n) is 10.9. The first kappa shape index (κ1) is 12.7. The molecule has 4 nitrogen and oxygen atoms in total. The molecule has 2 rings (SSSR count). The van der Waals surface area contributed by atoms with Crippen molar-refractivity contribution in [1.82, 2.24) is 0 Å². The van der Waals surface area contributed by atoms with Crippen molar-refractivity contribution in [2.24, 2.45) is 5.92 Å². The third-order valence-electron chi connectivity index (χ3n) is 3.44. The molecule has 1 fully saturated rings. The Morgan fingerprint density at radius 2 is 2.17 bits per heavy atom. The SMILES string of the molecule is COC(=O)c1c(C)cc(OCC2CCC2)cc1N. The number of nitrogen functional groups attached to an aromatic ring is 1. The average molecular weight is 249 g/mol. The van der Waals surface area contributed by atoms with Crippen molar-refractivity contribution in [3.8, 4) is 5.75 Å². The quantitative estimate of drug-likeness (QED) is 0.658. The van der Waals surface area contributed by atoms with E-state index in [4.69, 9.17) is 15.2 Å². The fraction of sp³-hybridized carbons (Fsp3) is 0.500. The first-order valence-corrected chi connectivity index (χ1v) is 6.23. The van der Waals surface area contributed by atoms with Crippen molar-refractivity contribution < 1.29 is 14.3 Å². The fourth-order valence-corrected chi connectivity index (χ4v) is 2.12. The lowest BCUT2D eigenvalue weighted by molar-refractivity contribution is 0.0601. The van der Waals surface area contributed by atoms with Gasteiger partial charge in [0.05, 0.1) is 25.0 Å². The summed E-state index contributed by atoms with van der Waals surface area (Å²) in [5.41, 5.74) is 7.49. The molecule has 0 aliphatic heterocycles. The van der Waals surface area contributed by atoms with Gasteiger partial charge < -0.3 is 15.2 Å². The molecule has 98 valence electrons. The second-order valence-corrected chi connectivity index (χ2v) is 4.80. The molecule has 4 heteroatoms. The molecule has 2 N–H and O–H groups in total. The summed E-state index contributed by atoms with van der Waals surface area (Å²) in [7, 11) is 1.35. The molecule has 0 atom stereocenters. The summed E-state index contributed by atoms with van der Waals surface area (Å²) in [4.78, 5) is 11.5. The van der Waals surface area contributed by atoms with Crippen molar-refractivity contribution in [2.75, 3.05) is 19.5 Å². The van der Waals surface area contributed by atoms with E-state index in [1.165, 1.54) is 26.4 Å². The van der Waals surface area contributed by atoms with Gasteiger partial charge in [-0.3, -0.25) is 0 Å². The summed E-state index contributed by atoms with van der Waals surface area (Å²) in [6.07, 6.45) is 3.79. The maximum atomic E-state index is 11.5. The van der Waals surface area contributed by atoms with Crippen molar-refractivity contribution in [3.05, 3.63) is 23.3 Å². The minimum Gasteiger partial charge on any atom is -0.493 e. The maximum absolute atomic E-state index is 11.5. The predicted octanol–water partition coefficient (Wildman–Crippen LogP) is 2.54. The summed E-state index contributed by atoms with van der Waals surface area (Å²) < 4.78 is 10.4. The molecule has 0 radical (unpaired) electrons. The van der Waals surface area contributed by atoms with Crippen molar-refractivity contribution in [3.63, 3.8) is 0 Å². The van der Waals surface area contributed by atoms with Gasteiger partial charge in [0, 0.05) is 6.07 Å². The van der Waals surface area contributed by atoms with Crippen LogP contribution in [0, 0.1) is 12.8 Å². The molecule has 1 saturated carbocycles. The van der Waals surface area contributed by atoms with Gasteiger partial charge in [-0.1, -0.05) is 6.42 Å². The second-order valence-electron chi connectivity index (χ2n) is 4.80. The lowest BCUT2D eigenvalue weighted by Gasteiger charge is -2.25. The minimum atomic E-state index is -0.407. The van der Waals surface area contributed by atoms with Crippen LogP contribution in [-0.4, -0.2) is 19.7 Å². The highest BCUT2D eigenvalue weighted by atomic mass is 16.5. The largest absolute Gasteiger partial charge is 0.493 e. The number of carbonyl (C=O) groups is 1. The second kappa shape index (κ2) is 5.29. The Morgan fingerprint density at radius 1 is 1.44 bits per heavy atom. The molecule has 0 saturated heterocycles. The van der Waals surface area contributed by atoms with Crippen molar-refractivity contribution in [2.45, 2.75) is 26.2 Å². The smallest absolute Gasteiger partial charge is 0.340 e. The summed E-state index contributed by atoms with van der Waals surface area (Å²) in [6.45, 7) is 2.56. The Hall–Kier alpha value is -1.71. The normalized spacial score (nSPS) is 15.0. The first-order valence-electron chi connectivity index (χ1n) is 6.23. The fourth-order valence-electron chi connectivity index (χ4n) is 2.12. The summed E-state index contributed by atoms with van der Waals surface area (Å²) >= 11 is 0. The molecular formula is C14H19NO3. The van der Waals surface area contributed by atoms with E-state index < -0.39 is 5.97 Å². The lowest BCUT2D eigenvalue weighted by atomic mass is 9.86. The zero-order chi connectivity index (χ0) is 13.1. The number of hydrogen-bond donors (Lipinski definition) is 1. The number of benzene rings is 1. The standard InChI is InChI=1S/C14H19NO3/c1-9-6-11(18-8-10-4-3-5-10)7-12(15)13(9)14(16)17-2/h6-7,10H,3-5,8,15H2,1-2H3. The van der Waals surface area contributed by atoms with Gasteiger partial charge >= 0.3 is 5.97 Å². The number of aryl methyl sites for hydroxylation is 1. The minimum absolute atomic E-state index is 0.407. The van der Waals surface area contributed by atoms with Crippen LogP contribution < -0.4 is 10.5 Å². The number of carbonyl (C=O) groups excluding carboxylic acids is 1. The molecule has 1 aromatic carbocycles. The van der Waals surface area contributed by atoms with Crippen LogP contribution >= 0.6 is 0 Å². The van der Waals surface area contributed by atoms with Crippen LogP contribution in [0.5, 0.6) is 5.75 Å². The highest BCUT2D eigenvalue weighted by Gasteiger charge is 2.19. The highest BCUT2D eigenvalue weighted by Crippen LogP contribution is 2.29. The van der Waals surface area contributed by atoms with Gasteiger partial charge in [0.15, 0.2) is 0 Å². The maximum Gasteiger partial charge on any atom is 0.340 e. The Bertz CT molecular complexity index is 429. The van der Waals surface area contributed by atoms with E-state index in [2.05, 4.69) is 0 Å². The first-order chi connectivity index (χ1) is 8.61. The van der Waals surface area contributed by atoms with Crippen LogP contribution in [0.4, 0.5) is 5.69 Å². The van der Waals surface area contributed by atoms with Gasteiger partial charge in [-0.25, -0.2) is 4.79 Å². The Morgan fingerprint density at radius 3 is 2.67 bits per heavy atom. The average Bonchev–Trinajstić information content (AvgIpc) is 2.25. The van der Waals surface area contributed by atoms with Crippen LogP contribution in [0.25, 0.3) is 0 Å². The van der Waals surface area contributed by atoms with E-state index >= 15 is 0 Å². The molecule has 0 heterocycles. The number of rotatable bonds is 4. The van der Waals surface area contributed by atoms with Crippen LogP contribution in [0.3, 0.4) is 0 Å². The van der Waals surface area contributed by atoms with Crippen molar-refractivity contribution in [1.29, 1.82) is 0 Å². The van der Waals surface area contributed by atoms with Crippen LogP contribution in [0.2, 0.25) is 0 Å². The Balaban J connectivity index is 2.11. The van der Waals surface area contributed by atoms with E-state index in [1.54, 1.807) is 6.07 Å². The van der Waals surface area contributed by atoms with E-state index in [-0.39, 0.29) is 0 Å². The molecule has 1 aliphatic rings. The number of methoxy groups -OCH3 is 1. The Labute approximate surface area is 107 Å². The molecule has 0 spiro atoms. The number of nitrogens with two attached hydrogens (primary N) is 1. The lowest BCUT2D eigenvalue weighted by Crippen LogP contribution is -2.19. The zero-order valence-corrected chi connectivity index (χ0v) is 10.9. The van der Waals surface area contributed by atoms with Crippen LogP contribution in [-0.2, 0) is 4.74 Å². The van der Waals surface area contributed by atoms with Crippen molar-refractivity contribution >= 4 is 11.7 Å². The molecule has 1 aromatic rings. The van der Waals surface area contributed by atoms with Crippen LogP contribution in [0.1, 0.15) is 35.2 Å². The van der Waals surface area contributed by atoms with E-state index in [9.17, 15) is 4.79 Å². The highest BCUT2D eigenvalue weighted by molar-refractivity contribution is 5.97. The number of anilines is 1. The van der Waals surface area contributed by atoms with E-state index in [1.807, 2.05) is 13.0 Å². The third-order valence-corrected chi connectivity index (χ3v) is 3.44. The molecule has 0 amide bonds.